The maximum absolute atomic E-state index is 11.4. The lowest BCUT2D eigenvalue weighted by atomic mass is 10.1. The van der Waals surface area contributed by atoms with Crippen molar-refractivity contribution in [3.05, 3.63) is 23.8 Å². The summed E-state index contributed by atoms with van der Waals surface area (Å²) in [7, 11) is -2.17. The quantitative estimate of drug-likeness (QED) is 0.844. The Kier molecular flexibility index (Phi) is 4.22. The van der Waals surface area contributed by atoms with E-state index in [1.165, 1.54) is 12.1 Å². The van der Waals surface area contributed by atoms with Crippen LogP contribution in [0, 0.1) is 0 Å². The van der Waals surface area contributed by atoms with E-state index in [0.29, 0.717) is 12.3 Å². The summed E-state index contributed by atoms with van der Waals surface area (Å²) in [6.07, 6.45) is 0.766. The molecular formula is C13H18N2O5S. The van der Waals surface area contributed by atoms with Crippen molar-refractivity contribution < 1.29 is 23.1 Å². The number of nitrogens with zero attached hydrogens (tertiary/aromatic N) is 1. The molecule has 8 heteroatoms. The lowest BCUT2D eigenvalue weighted by molar-refractivity contribution is 0.0696. The molecule has 1 aliphatic heterocycles. The average molecular weight is 314 g/mol. The van der Waals surface area contributed by atoms with Crippen LogP contribution >= 0.6 is 0 Å². The number of carbonyl (C=O) groups is 1. The predicted octanol–water partition coefficient (Wildman–Crippen LogP) is 0.646. The molecule has 2 unspecified atom stereocenters. The number of nitrogens with two attached hydrogens (primary N) is 1. The SMILES string of the molecule is CC1OCCC1N(C)c1ccc(S(N)(=O)=O)cc1C(=O)O. The molecule has 3 N–H and O–H groups in total. The summed E-state index contributed by atoms with van der Waals surface area (Å²) in [5.41, 5.74) is 0.348. The van der Waals surface area contributed by atoms with Crippen LogP contribution in [-0.2, 0) is 14.8 Å². The number of hydrogen-bond acceptors (Lipinski definition) is 5. The van der Waals surface area contributed by atoms with E-state index in [2.05, 4.69) is 0 Å². The molecule has 116 valence electrons. The highest BCUT2D eigenvalue weighted by Crippen LogP contribution is 2.28. The van der Waals surface area contributed by atoms with Gasteiger partial charge in [-0.2, -0.15) is 0 Å². The summed E-state index contributed by atoms with van der Waals surface area (Å²) >= 11 is 0. The molecule has 0 bridgehead atoms. The minimum absolute atomic E-state index is 0.0189. The van der Waals surface area contributed by atoms with E-state index in [9.17, 15) is 18.3 Å². The Morgan fingerprint density at radius 2 is 2.14 bits per heavy atom. The zero-order valence-electron chi connectivity index (χ0n) is 11.8. The van der Waals surface area contributed by atoms with Gasteiger partial charge in [-0.05, 0) is 31.5 Å². The fraction of sp³-hybridized carbons (Fsp3) is 0.462. The van der Waals surface area contributed by atoms with Crippen molar-refractivity contribution in [1.82, 2.24) is 0 Å². The number of anilines is 1. The van der Waals surface area contributed by atoms with Crippen LogP contribution < -0.4 is 10.0 Å². The van der Waals surface area contributed by atoms with Gasteiger partial charge in [-0.15, -0.1) is 0 Å². The summed E-state index contributed by atoms with van der Waals surface area (Å²) in [5, 5.41) is 14.4. The minimum atomic E-state index is -3.94. The highest BCUT2D eigenvalue weighted by Gasteiger charge is 2.30. The van der Waals surface area contributed by atoms with Gasteiger partial charge < -0.3 is 14.7 Å². The number of hydrogen-bond donors (Lipinski definition) is 2. The molecule has 1 aliphatic rings. The van der Waals surface area contributed by atoms with Gasteiger partial charge in [-0.3, -0.25) is 0 Å². The molecule has 1 fully saturated rings. The van der Waals surface area contributed by atoms with Crippen LogP contribution in [0.3, 0.4) is 0 Å². The summed E-state index contributed by atoms with van der Waals surface area (Å²) < 4.78 is 28.2. The topological polar surface area (TPSA) is 110 Å². The average Bonchev–Trinajstić information content (AvgIpc) is 2.82. The van der Waals surface area contributed by atoms with E-state index in [0.717, 1.165) is 12.5 Å². The highest BCUT2D eigenvalue weighted by atomic mass is 32.2. The van der Waals surface area contributed by atoms with E-state index >= 15 is 0 Å². The van der Waals surface area contributed by atoms with Crippen LogP contribution in [0.1, 0.15) is 23.7 Å². The first-order valence-corrected chi connectivity index (χ1v) is 8.01. The van der Waals surface area contributed by atoms with Gasteiger partial charge in [-0.1, -0.05) is 0 Å². The van der Waals surface area contributed by atoms with Crippen molar-refractivity contribution in [2.24, 2.45) is 5.14 Å². The zero-order valence-corrected chi connectivity index (χ0v) is 12.6. The predicted molar refractivity (Wildman–Crippen MR) is 77.0 cm³/mol. The number of sulfonamides is 1. The number of aromatic carboxylic acids is 1. The van der Waals surface area contributed by atoms with Crippen molar-refractivity contribution in [3.8, 4) is 0 Å². The fourth-order valence-corrected chi connectivity index (χ4v) is 3.12. The molecule has 0 aliphatic carbocycles. The Morgan fingerprint density at radius 1 is 1.48 bits per heavy atom. The lowest BCUT2D eigenvalue weighted by Crippen LogP contribution is -2.37. The second-order valence-electron chi connectivity index (χ2n) is 5.07. The second-order valence-corrected chi connectivity index (χ2v) is 6.63. The number of rotatable bonds is 4. The van der Waals surface area contributed by atoms with Gasteiger partial charge in [0.25, 0.3) is 0 Å². The first-order valence-electron chi connectivity index (χ1n) is 6.46. The number of ether oxygens (including phenoxy) is 1. The number of likely N-dealkylation sites (N-methyl/N-ethyl adjacent to an activating group) is 1. The minimum Gasteiger partial charge on any atom is -0.478 e. The Balaban J connectivity index is 2.46. The summed E-state index contributed by atoms with van der Waals surface area (Å²) in [4.78, 5) is 13.0. The Bertz CT molecular complexity index is 659. The third kappa shape index (κ3) is 3.17. The van der Waals surface area contributed by atoms with Crippen molar-refractivity contribution in [2.45, 2.75) is 30.4 Å². The molecule has 1 aromatic carbocycles. The van der Waals surface area contributed by atoms with Gasteiger partial charge >= 0.3 is 5.97 Å². The van der Waals surface area contributed by atoms with E-state index in [-0.39, 0.29) is 22.6 Å². The summed E-state index contributed by atoms with van der Waals surface area (Å²) in [6.45, 7) is 2.54. The molecule has 1 heterocycles. The van der Waals surface area contributed by atoms with Crippen LogP contribution in [0.2, 0.25) is 0 Å². The van der Waals surface area contributed by atoms with E-state index in [1.54, 1.807) is 7.05 Å². The van der Waals surface area contributed by atoms with Crippen LogP contribution in [-0.4, -0.2) is 45.3 Å². The first-order chi connectivity index (χ1) is 9.71. The molecule has 0 spiro atoms. The smallest absolute Gasteiger partial charge is 0.337 e. The number of carboxylic acid groups (broad SMARTS) is 1. The fourth-order valence-electron chi connectivity index (χ4n) is 2.58. The van der Waals surface area contributed by atoms with Crippen molar-refractivity contribution >= 4 is 21.7 Å². The number of carboxylic acids is 1. The molecule has 2 atom stereocenters. The number of benzene rings is 1. The molecule has 2 rings (SSSR count). The van der Waals surface area contributed by atoms with Crippen LogP contribution in [0.15, 0.2) is 23.1 Å². The van der Waals surface area contributed by atoms with E-state index < -0.39 is 16.0 Å². The zero-order chi connectivity index (χ0) is 15.8. The van der Waals surface area contributed by atoms with Crippen LogP contribution in [0.25, 0.3) is 0 Å². The van der Waals surface area contributed by atoms with Crippen molar-refractivity contribution in [1.29, 1.82) is 0 Å². The van der Waals surface area contributed by atoms with Crippen LogP contribution in [0.4, 0.5) is 5.69 Å². The molecule has 0 saturated carbocycles. The Morgan fingerprint density at radius 3 is 2.62 bits per heavy atom. The molecule has 0 amide bonds. The molecule has 0 aromatic heterocycles. The van der Waals surface area contributed by atoms with Gasteiger partial charge in [0.05, 0.1) is 28.3 Å². The Hall–Kier alpha value is -1.64. The van der Waals surface area contributed by atoms with E-state index in [1.807, 2.05) is 11.8 Å². The molecule has 7 nitrogen and oxygen atoms in total. The van der Waals surface area contributed by atoms with Crippen molar-refractivity contribution in [2.75, 3.05) is 18.6 Å². The first kappa shape index (κ1) is 15.7. The molecule has 0 radical (unpaired) electrons. The normalized spacial score (nSPS) is 22.2. The van der Waals surface area contributed by atoms with Gasteiger partial charge in [-0.25, -0.2) is 18.4 Å². The van der Waals surface area contributed by atoms with Crippen molar-refractivity contribution in [3.63, 3.8) is 0 Å². The van der Waals surface area contributed by atoms with Gasteiger partial charge in [0.1, 0.15) is 0 Å². The maximum Gasteiger partial charge on any atom is 0.337 e. The maximum atomic E-state index is 11.4. The standard InChI is InChI=1S/C13H18N2O5S/c1-8-11(5-6-20-8)15(2)12-4-3-9(21(14,18)19)7-10(12)13(16)17/h3-4,7-8,11H,5-6H2,1-2H3,(H,16,17)(H2,14,18,19). The molecule has 21 heavy (non-hydrogen) atoms. The molecule has 1 aromatic rings. The lowest BCUT2D eigenvalue weighted by Gasteiger charge is -2.30. The summed E-state index contributed by atoms with van der Waals surface area (Å²) in [6, 6.07) is 3.91. The van der Waals surface area contributed by atoms with Crippen LogP contribution in [0.5, 0.6) is 0 Å². The summed E-state index contributed by atoms with van der Waals surface area (Å²) in [5.74, 6) is -1.20. The third-order valence-corrected chi connectivity index (χ3v) is 4.65. The van der Waals surface area contributed by atoms with Gasteiger partial charge in [0.2, 0.25) is 10.0 Å². The monoisotopic (exact) mass is 314 g/mol. The third-order valence-electron chi connectivity index (χ3n) is 3.74. The van der Waals surface area contributed by atoms with E-state index in [4.69, 9.17) is 9.88 Å². The Labute approximate surface area is 123 Å². The largest absolute Gasteiger partial charge is 0.478 e. The second kappa shape index (κ2) is 5.63. The van der Waals surface area contributed by atoms with Gasteiger partial charge in [0, 0.05) is 13.7 Å². The molecule has 1 saturated heterocycles. The number of primary sulfonamides is 1. The molecular weight excluding hydrogens is 296 g/mol. The highest BCUT2D eigenvalue weighted by molar-refractivity contribution is 7.89. The van der Waals surface area contributed by atoms with Gasteiger partial charge in [0.15, 0.2) is 0 Å².